The summed E-state index contributed by atoms with van der Waals surface area (Å²) in [5.41, 5.74) is -1.86. The third-order valence-corrected chi connectivity index (χ3v) is 1.93. The molecule has 15 heavy (non-hydrogen) atoms. The first-order chi connectivity index (χ1) is 6.97. The number of aromatic nitrogens is 1. The van der Waals surface area contributed by atoms with Gasteiger partial charge in [-0.3, -0.25) is 0 Å². The van der Waals surface area contributed by atoms with Crippen LogP contribution in [0.5, 0.6) is 0 Å². The van der Waals surface area contributed by atoms with E-state index >= 15 is 0 Å². The highest BCUT2D eigenvalue weighted by atomic mass is 35.5. The van der Waals surface area contributed by atoms with E-state index in [1.807, 2.05) is 0 Å². The van der Waals surface area contributed by atoms with Crippen LogP contribution in [0.4, 0.5) is 8.78 Å². The molecule has 0 bridgehead atoms. The largest absolute Gasteiger partial charge is 0.477 e. The fraction of sp³-hybridized carbons (Fsp3) is 0.125. The summed E-state index contributed by atoms with van der Waals surface area (Å²) in [6, 6.07) is 2.36. The van der Waals surface area contributed by atoms with Crippen LogP contribution in [0.2, 0.25) is 5.02 Å². The molecule has 1 aromatic rings. The van der Waals surface area contributed by atoms with Gasteiger partial charge in [0.05, 0.1) is 10.6 Å². The summed E-state index contributed by atoms with van der Waals surface area (Å²) in [6.07, 6.45) is -3.02. The van der Waals surface area contributed by atoms with Crippen molar-refractivity contribution in [1.29, 1.82) is 5.26 Å². The lowest BCUT2D eigenvalue weighted by Gasteiger charge is -2.04. The average Bonchev–Trinajstić information content (AvgIpc) is 2.17. The SMILES string of the molecule is N#Cc1cc(C(=O)O)nc(C(F)F)c1Cl. The van der Waals surface area contributed by atoms with E-state index in [0.717, 1.165) is 6.07 Å². The molecule has 0 spiro atoms. The molecule has 0 aliphatic rings. The van der Waals surface area contributed by atoms with E-state index < -0.39 is 28.8 Å². The summed E-state index contributed by atoms with van der Waals surface area (Å²) in [4.78, 5) is 13.6. The number of halogens is 3. The van der Waals surface area contributed by atoms with Gasteiger partial charge in [-0.05, 0) is 6.07 Å². The standard InChI is InChI=1S/C8H3ClF2N2O2/c9-5-3(2-12)1-4(8(14)15)13-6(5)7(10)11/h1,7H,(H,14,15). The van der Waals surface area contributed by atoms with Gasteiger partial charge >= 0.3 is 5.97 Å². The highest BCUT2D eigenvalue weighted by Crippen LogP contribution is 2.28. The molecule has 0 saturated heterocycles. The maximum atomic E-state index is 12.3. The molecule has 0 unspecified atom stereocenters. The number of carboxylic acid groups (broad SMARTS) is 1. The maximum Gasteiger partial charge on any atom is 0.354 e. The normalized spacial score (nSPS) is 10.1. The topological polar surface area (TPSA) is 74.0 Å². The van der Waals surface area contributed by atoms with Crippen molar-refractivity contribution in [3.8, 4) is 6.07 Å². The van der Waals surface area contributed by atoms with Crippen LogP contribution in [0.15, 0.2) is 6.07 Å². The molecular weight excluding hydrogens is 230 g/mol. The highest BCUT2D eigenvalue weighted by Gasteiger charge is 2.20. The third-order valence-electron chi connectivity index (χ3n) is 1.53. The van der Waals surface area contributed by atoms with Gasteiger partial charge in [0.1, 0.15) is 17.5 Å². The second-order valence-electron chi connectivity index (χ2n) is 2.47. The molecule has 0 fully saturated rings. The van der Waals surface area contributed by atoms with Crippen LogP contribution in [0.1, 0.15) is 28.2 Å². The lowest BCUT2D eigenvalue weighted by Crippen LogP contribution is -2.05. The first kappa shape index (κ1) is 11.3. The fourth-order valence-electron chi connectivity index (χ4n) is 0.885. The van der Waals surface area contributed by atoms with Gasteiger partial charge in [-0.25, -0.2) is 18.6 Å². The van der Waals surface area contributed by atoms with Crippen LogP contribution in [-0.4, -0.2) is 16.1 Å². The van der Waals surface area contributed by atoms with Crippen molar-refractivity contribution < 1.29 is 18.7 Å². The Labute approximate surface area is 87.7 Å². The van der Waals surface area contributed by atoms with Crippen molar-refractivity contribution in [2.24, 2.45) is 0 Å². The molecule has 0 aliphatic heterocycles. The van der Waals surface area contributed by atoms with Crippen LogP contribution < -0.4 is 0 Å². The van der Waals surface area contributed by atoms with Gasteiger partial charge in [-0.2, -0.15) is 5.26 Å². The van der Waals surface area contributed by atoms with Gasteiger partial charge in [0.15, 0.2) is 0 Å². The predicted octanol–water partition coefficient (Wildman–Crippen LogP) is 2.24. The van der Waals surface area contributed by atoms with Crippen LogP contribution in [0.3, 0.4) is 0 Å². The van der Waals surface area contributed by atoms with Crippen LogP contribution in [0.25, 0.3) is 0 Å². The fourth-order valence-corrected chi connectivity index (χ4v) is 1.11. The van der Waals surface area contributed by atoms with Crippen molar-refractivity contribution in [2.45, 2.75) is 6.43 Å². The molecule has 1 heterocycles. The van der Waals surface area contributed by atoms with E-state index in [0.29, 0.717) is 0 Å². The minimum Gasteiger partial charge on any atom is -0.477 e. The summed E-state index contributed by atoms with van der Waals surface area (Å²) in [6.45, 7) is 0. The minimum absolute atomic E-state index is 0.334. The van der Waals surface area contributed by atoms with E-state index in [-0.39, 0.29) is 5.56 Å². The molecule has 0 saturated carbocycles. The number of alkyl halides is 2. The van der Waals surface area contributed by atoms with E-state index in [9.17, 15) is 13.6 Å². The first-order valence-corrected chi connectivity index (χ1v) is 3.97. The van der Waals surface area contributed by atoms with Crippen molar-refractivity contribution >= 4 is 17.6 Å². The molecular formula is C8H3ClF2N2O2. The zero-order chi connectivity index (χ0) is 11.6. The molecule has 1 aromatic heterocycles. The number of pyridine rings is 1. The first-order valence-electron chi connectivity index (χ1n) is 3.59. The third kappa shape index (κ3) is 2.19. The van der Waals surface area contributed by atoms with Crippen LogP contribution >= 0.6 is 11.6 Å². The monoisotopic (exact) mass is 232 g/mol. The highest BCUT2D eigenvalue weighted by molar-refractivity contribution is 6.32. The Morgan fingerprint density at radius 2 is 2.27 bits per heavy atom. The summed E-state index contributed by atoms with van der Waals surface area (Å²) in [5, 5.41) is 16.6. The Hall–Kier alpha value is -1.74. The zero-order valence-electron chi connectivity index (χ0n) is 7.04. The van der Waals surface area contributed by atoms with E-state index in [1.165, 1.54) is 6.07 Å². The number of carboxylic acids is 1. The number of nitrogens with zero attached hydrogens (tertiary/aromatic N) is 2. The Balaban J connectivity index is 3.47. The van der Waals surface area contributed by atoms with E-state index in [1.54, 1.807) is 0 Å². The van der Waals surface area contributed by atoms with Gasteiger partial charge in [0.25, 0.3) is 6.43 Å². The lowest BCUT2D eigenvalue weighted by molar-refractivity contribution is 0.0688. The van der Waals surface area contributed by atoms with Crippen molar-refractivity contribution in [3.63, 3.8) is 0 Å². The van der Waals surface area contributed by atoms with Crippen LogP contribution in [-0.2, 0) is 0 Å². The maximum absolute atomic E-state index is 12.3. The Morgan fingerprint density at radius 1 is 1.67 bits per heavy atom. The number of hydrogen-bond acceptors (Lipinski definition) is 3. The molecule has 1 N–H and O–H groups in total. The molecule has 1 rings (SSSR count). The average molecular weight is 233 g/mol. The number of nitriles is 1. The van der Waals surface area contributed by atoms with Crippen molar-refractivity contribution in [3.05, 3.63) is 28.0 Å². The van der Waals surface area contributed by atoms with Gasteiger partial charge in [0.2, 0.25) is 0 Å². The summed E-state index contributed by atoms with van der Waals surface area (Å²) in [5.74, 6) is -1.50. The van der Waals surface area contributed by atoms with Gasteiger partial charge in [0, 0.05) is 0 Å². The van der Waals surface area contributed by atoms with Gasteiger partial charge in [-0.15, -0.1) is 0 Å². The van der Waals surface area contributed by atoms with Gasteiger partial charge in [-0.1, -0.05) is 11.6 Å². The minimum atomic E-state index is -3.02. The smallest absolute Gasteiger partial charge is 0.354 e. The Morgan fingerprint density at radius 3 is 2.67 bits per heavy atom. The molecule has 0 aliphatic carbocycles. The molecule has 0 amide bonds. The summed E-state index contributed by atoms with van der Waals surface area (Å²) in [7, 11) is 0. The second-order valence-corrected chi connectivity index (χ2v) is 2.85. The summed E-state index contributed by atoms with van der Waals surface area (Å²) < 4.78 is 24.7. The van der Waals surface area contributed by atoms with E-state index in [2.05, 4.69) is 4.98 Å². The predicted molar refractivity (Wildman–Crippen MR) is 45.9 cm³/mol. The summed E-state index contributed by atoms with van der Waals surface area (Å²) >= 11 is 5.42. The molecule has 0 aromatic carbocycles. The Kier molecular flexibility index (Phi) is 3.17. The number of carbonyl (C=O) groups is 1. The van der Waals surface area contributed by atoms with Crippen LogP contribution in [0, 0.1) is 11.3 Å². The lowest BCUT2D eigenvalue weighted by atomic mass is 10.2. The van der Waals surface area contributed by atoms with Gasteiger partial charge < -0.3 is 5.11 Å². The quantitative estimate of drug-likeness (QED) is 0.849. The molecule has 78 valence electrons. The molecule has 4 nitrogen and oxygen atoms in total. The number of aromatic carboxylic acids is 1. The molecule has 0 atom stereocenters. The molecule has 7 heteroatoms. The zero-order valence-corrected chi connectivity index (χ0v) is 7.79. The van der Waals surface area contributed by atoms with Crippen molar-refractivity contribution in [1.82, 2.24) is 4.98 Å². The second kappa shape index (κ2) is 4.19. The Bertz CT molecular complexity index is 457. The van der Waals surface area contributed by atoms with E-state index in [4.69, 9.17) is 22.0 Å². The number of hydrogen-bond donors (Lipinski definition) is 1. The molecule has 0 radical (unpaired) electrons. The van der Waals surface area contributed by atoms with Crippen molar-refractivity contribution in [2.75, 3.05) is 0 Å². The number of rotatable bonds is 2.